The molecule has 0 fully saturated rings. The van der Waals surface area contributed by atoms with Crippen LogP contribution in [0.1, 0.15) is 21.6 Å². The smallest absolute Gasteiger partial charge is 0.356 e. The van der Waals surface area contributed by atoms with Crippen LogP contribution in [0, 0.1) is 19.7 Å². The number of nitrogens with two attached hydrogens (primary N) is 1. The summed E-state index contributed by atoms with van der Waals surface area (Å²) in [6.07, 6.45) is 0. The number of aryl methyl sites for hydroxylation is 2. The maximum absolute atomic E-state index is 14.1. The molecule has 2 rings (SSSR count). The normalized spacial score (nSPS) is 10.6. The molecule has 0 spiro atoms. The van der Waals surface area contributed by atoms with Crippen molar-refractivity contribution in [3.8, 4) is 11.4 Å². The van der Waals surface area contributed by atoms with Gasteiger partial charge in [0.25, 0.3) is 0 Å². The third-order valence-electron chi connectivity index (χ3n) is 2.72. The van der Waals surface area contributed by atoms with E-state index in [0.29, 0.717) is 5.56 Å². The van der Waals surface area contributed by atoms with Gasteiger partial charge in [0.05, 0.1) is 5.56 Å². The SMILES string of the molecule is Cc1cc(C)c(F)c(-c2nc(N)c(Cl)c(C(=O)O)n2)c1. The minimum atomic E-state index is -1.35. The van der Waals surface area contributed by atoms with Crippen LogP contribution in [0.2, 0.25) is 5.02 Å². The Balaban J connectivity index is 2.74. The Labute approximate surface area is 119 Å². The third-order valence-corrected chi connectivity index (χ3v) is 3.09. The number of rotatable bonds is 2. The number of halogens is 2. The molecule has 0 unspecified atom stereocenters. The van der Waals surface area contributed by atoms with Gasteiger partial charge in [-0.15, -0.1) is 0 Å². The average Bonchev–Trinajstić information content (AvgIpc) is 2.36. The second-order valence-electron chi connectivity index (χ2n) is 4.34. The standard InChI is InChI=1S/C13H11ClFN3O2/c1-5-3-6(2)9(15)7(4-5)12-17-10(13(19)20)8(14)11(16)18-12/h3-4H,1-2H3,(H,19,20)(H2,16,17,18). The van der Waals surface area contributed by atoms with E-state index in [-0.39, 0.29) is 22.2 Å². The molecule has 2 aromatic rings. The van der Waals surface area contributed by atoms with Crippen LogP contribution in [0.4, 0.5) is 10.2 Å². The monoisotopic (exact) mass is 295 g/mol. The van der Waals surface area contributed by atoms with Gasteiger partial charge < -0.3 is 10.8 Å². The molecular formula is C13H11ClFN3O2. The minimum Gasteiger partial charge on any atom is -0.476 e. The molecule has 1 aromatic carbocycles. The highest BCUT2D eigenvalue weighted by Crippen LogP contribution is 2.28. The Hall–Kier alpha value is -2.21. The molecule has 0 radical (unpaired) electrons. The van der Waals surface area contributed by atoms with E-state index in [1.165, 1.54) is 6.07 Å². The van der Waals surface area contributed by atoms with Crippen molar-refractivity contribution >= 4 is 23.4 Å². The fourth-order valence-corrected chi connectivity index (χ4v) is 2.00. The highest BCUT2D eigenvalue weighted by atomic mass is 35.5. The first-order chi connectivity index (χ1) is 9.31. The molecule has 104 valence electrons. The van der Waals surface area contributed by atoms with Gasteiger partial charge in [0.15, 0.2) is 11.5 Å². The van der Waals surface area contributed by atoms with E-state index in [1.807, 2.05) is 0 Å². The first-order valence-electron chi connectivity index (χ1n) is 5.64. The molecule has 0 bridgehead atoms. The summed E-state index contributed by atoms with van der Waals surface area (Å²) in [7, 11) is 0. The van der Waals surface area contributed by atoms with E-state index in [4.69, 9.17) is 22.4 Å². The molecule has 7 heteroatoms. The van der Waals surface area contributed by atoms with Crippen molar-refractivity contribution in [2.75, 3.05) is 5.73 Å². The first kappa shape index (κ1) is 14.2. The molecule has 0 aliphatic carbocycles. The number of hydrogen-bond donors (Lipinski definition) is 2. The molecule has 20 heavy (non-hydrogen) atoms. The molecule has 3 N–H and O–H groups in total. The summed E-state index contributed by atoms with van der Waals surface area (Å²) < 4.78 is 14.1. The lowest BCUT2D eigenvalue weighted by Crippen LogP contribution is -2.08. The summed E-state index contributed by atoms with van der Waals surface area (Å²) in [6, 6.07) is 3.19. The van der Waals surface area contributed by atoms with Gasteiger partial charge in [-0.05, 0) is 31.0 Å². The minimum absolute atomic E-state index is 0.0911. The van der Waals surface area contributed by atoms with Crippen LogP contribution in [-0.4, -0.2) is 21.0 Å². The predicted molar refractivity (Wildman–Crippen MR) is 73.3 cm³/mol. The van der Waals surface area contributed by atoms with E-state index in [0.717, 1.165) is 5.56 Å². The number of nitrogen functional groups attached to an aromatic ring is 1. The number of nitrogens with zero attached hydrogens (tertiary/aromatic N) is 2. The molecule has 0 saturated heterocycles. The van der Waals surface area contributed by atoms with Crippen molar-refractivity contribution in [3.63, 3.8) is 0 Å². The summed E-state index contributed by atoms with van der Waals surface area (Å²) in [5.74, 6) is -2.18. The van der Waals surface area contributed by atoms with Gasteiger partial charge in [-0.25, -0.2) is 19.2 Å². The molecule has 1 heterocycles. The number of aromatic carboxylic acids is 1. The number of carbonyl (C=O) groups is 1. The van der Waals surface area contributed by atoms with Gasteiger partial charge in [-0.2, -0.15) is 0 Å². The van der Waals surface area contributed by atoms with Crippen molar-refractivity contribution in [1.82, 2.24) is 9.97 Å². The molecular weight excluding hydrogens is 285 g/mol. The highest BCUT2D eigenvalue weighted by molar-refractivity contribution is 6.35. The van der Waals surface area contributed by atoms with Crippen LogP contribution >= 0.6 is 11.6 Å². The number of anilines is 1. The maximum Gasteiger partial charge on any atom is 0.356 e. The van der Waals surface area contributed by atoms with Crippen LogP contribution in [0.15, 0.2) is 12.1 Å². The van der Waals surface area contributed by atoms with E-state index in [1.54, 1.807) is 19.9 Å². The largest absolute Gasteiger partial charge is 0.476 e. The molecule has 0 amide bonds. The van der Waals surface area contributed by atoms with Crippen molar-refractivity contribution in [2.45, 2.75) is 13.8 Å². The molecule has 0 aliphatic heterocycles. The fourth-order valence-electron chi connectivity index (χ4n) is 1.84. The van der Waals surface area contributed by atoms with Gasteiger partial charge in [-0.3, -0.25) is 0 Å². The second kappa shape index (κ2) is 5.05. The number of carboxylic acids is 1. The zero-order valence-electron chi connectivity index (χ0n) is 10.7. The Morgan fingerprint density at radius 1 is 1.35 bits per heavy atom. The van der Waals surface area contributed by atoms with Crippen molar-refractivity contribution < 1.29 is 14.3 Å². The van der Waals surface area contributed by atoms with E-state index in [9.17, 15) is 9.18 Å². The van der Waals surface area contributed by atoms with Gasteiger partial charge in [-0.1, -0.05) is 17.7 Å². The van der Waals surface area contributed by atoms with Gasteiger partial charge >= 0.3 is 5.97 Å². The number of benzene rings is 1. The van der Waals surface area contributed by atoms with Crippen molar-refractivity contribution in [2.24, 2.45) is 0 Å². The van der Waals surface area contributed by atoms with Crippen LogP contribution < -0.4 is 5.73 Å². The zero-order valence-corrected chi connectivity index (χ0v) is 11.5. The summed E-state index contributed by atoms with van der Waals surface area (Å²) >= 11 is 5.73. The zero-order chi connectivity index (χ0) is 15.0. The first-order valence-corrected chi connectivity index (χ1v) is 6.02. The lowest BCUT2D eigenvalue weighted by Gasteiger charge is -2.09. The Bertz CT molecular complexity index is 719. The second-order valence-corrected chi connectivity index (χ2v) is 4.72. The third kappa shape index (κ3) is 2.42. The molecule has 5 nitrogen and oxygen atoms in total. The summed E-state index contributed by atoms with van der Waals surface area (Å²) in [5, 5.41) is 8.76. The van der Waals surface area contributed by atoms with Gasteiger partial charge in [0.2, 0.25) is 0 Å². The topological polar surface area (TPSA) is 89.1 Å². The number of aromatic nitrogens is 2. The van der Waals surface area contributed by atoms with E-state index >= 15 is 0 Å². The lowest BCUT2D eigenvalue weighted by molar-refractivity contribution is 0.0690. The Morgan fingerprint density at radius 2 is 2.00 bits per heavy atom. The summed E-state index contributed by atoms with van der Waals surface area (Å²) in [5.41, 5.74) is 6.40. The van der Waals surface area contributed by atoms with Crippen molar-refractivity contribution in [1.29, 1.82) is 0 Å². The molecule has 0 atom stereocenters. The predicted octanol–water partition coefficient (Wildman–Crippen LogP) is 2.83. The fraction of sp³-hybridized carbons (Fsp3) is 0.154. The molecule has 0 aliphatic rings. The number of carboxylic acid groups (broad SMARTS) is 1. The molecule has 0 saturated carbocycles. The highest BCUT2D eigenvalue weighted by Gasteiger charge is 2.19. The number of hydrogen-bond acceptors (Lipinski definition) is 4. The van der Waals surface area contributed by atoms with E-state index < -0.39 is 17.5 Å². The Morgan fingerprint density at radius 3 is 2.60 bits per heavy atom. The maximum atomic E-state index is 14.1. The van der Waals surface area contributed by atoms with Crippen LogP contribution in [0.5, 0.6) is 0 Å². The summed E-state index contributed by atoms with van der Waals surface area (Å²) in [6.45, 7) is 3.39. The summed E-state index contributed by atoms with van der Waals surface area (Å²) in [4.78, 5) is 18.7. The van der Waals surface area contributed by atoms with Crippen molar-refractivity contribution in [3.05, 3.63) is 39.8 Å². The lowest BCUT2D eigenvalue weighted by atomic mass is 10.1. The molecule has 1 aromatic heterocycles. The van der Waals surface area contributed by atoms with Crippen LogP contribution in [0.3, 0.4) is 0 Å². The van der Waals surface area contributed by atoms with Gasteiger partial charge in [0.1, 0.15) is 16.7 Å². The quantitative estimate of drug-likeness (QED) is 0.889. The van der Waals surface area contributed by atoms with Crippen LogP contribution in [-0.2, 0) is 0 Å². The van der Waals surface area contributed by atoms with E-state index in [2.05, 4.69) is 9.97 Å². The van der Waals surface area contributed by atoms with Gasteiger partial charge in [0, 0.05) is 0 Å². The average molecular weight is 296 g/mol. The van der Waals surface area contributed by atoms with Crippen LogP contribution in [0.25, 0.3) is 11.4 Å². The Kier molecular flexibility index (Phi) is 3.59.